The summed E-state index contributed by atoms with van der Waals surface area (Å²) in [6.45, 7) is 12.5. The highest BCUT2D eigenvalue weighted by molar-refractivity contribution is 4.89. The van der Waals surface area contributed by atoms with Gasteiger partial charge in [0.1, 0.15) is 0 Å². The lowest BCUT2D eigenvalue weighted by Gasteiger charge is -2.19. The highest BCUT2D eigenvalue weighted by Crippen LogP contribution is 2.18. The third kappa shape index (κ3) is 53.3. The van der Waals surface area contributed by atoms with Gasteiger partial charge in [-0.2, -0.15) is 0 Å². The molecule has 69 heavy (non-hydrogen) atoms. The van der Waals surface area contributed by atoms with Crippen molar-refractivity contribution in [2.24, 2.45) is 0 Å². The number of allylic oxidation sites excluding steroid dienone is 2. The quantitative estimate of drug-likeness (QED) is 0.0342. The Labute approximate surface area is 431 Å². The maximum atomic E-state index is 6.28. The number of methoxy groups -OCH3 is 2. The molecule has 0 heterocycles. The molecule has 412 valence electrons. The molecule has 0 rings (SSSR count). The lowest BCUT2D eigenvalue weighted by atomic mass is 10.1. The molecule has 0 saturated carbocycles. The Morgan fingerprint density at radius 3 is 0.768 bits per heavy atom. The Bertz CT molecular complexity index is 874. The minimum atomic E-state index is -0.412. The van der Waals surface area contributed by atoms with E-state index in [0.717, 1.165) is 77.8 Å². The van der Waals surface area contributed by atoms with Crippen molar-refractivity contribution in [3.8, 4) is 0 Å². The first kappa shape index (κ1) is 68.2. The molecular weight excluding hydrogens is 857 g/mol. The van der Waals surface area contributed by atoms with Crippen LogP contribution in [0.4, 0.5) is 0 Å². The number of rotatable bonds is 60. The van der Waals surface area contributed by atoms with E-state index in [1.165, 1.54) is 231 Å². The van der Waals surface area contributed by atoms with Crippen LogP contribution in [0.2, 0.25) is 0 Å². The van der Waals surface area contributed by atoms with E-state index >= 15 is 0 Å². The van der Waals surface area contributed by atoms with Crippen molar-refractivity contribution in [3.05, 3.63) is 24.3 Å². The van der Waals surface area contributed by atoms with Crippen LogP contribution in [-0.4, -0.2) is 65.8 Å². The molecule has 0 aliphatic heterocycles. The summed E-state index contributed by atoms with van der Waals surface area (Å²) in [5.74, 6) is 0. The molecule has 0 aromatic carbocycles. The van der Waals surface area contributed by atoms with Crippen LogP contribution >= 0.6 is 0 Å². The minimum absolute atomic E-state index is 0.0236. The third-order valence-corrected chi connectivity index (χ3v) is 13.6. The van der Waals surface area contributed by atoms with Crippen LogP contribution in [0.25, 0.3) is 0 Å². The van der Waals surface area contributed by atoms with Gasteiger partial charge in [-0.25, -0.2) is 0 Å². The van der Waals surface area contributed by atoms with Gasteiger partial charge in [0.15, 0.2) is 25.2 Å². The maximum Gasteiger partial charge on any atom is 0.179 e. The van der Waals surface area contributed by atoms with E-state index in [1.54, 1.807) is 14.2 Å². The third-order valence-electron chi connectivity index (χ3n) is 13.6. The summed E-state index contributed by atoms with van der Waals surface area (Å²) < 4.78 is 42.5. The van der Waals surface area contributed by atoms with Crippen LogP contribution in [-0.2, 0) is 33.2 Å². The highest BCUT2D eigenvalue weighted by atomic mass is 16.8. The second-order valence-corrected chi connectivity index (χ2v) is 20.4. The van der Waals surface area contributed by atoms with E-state index in [1.807, 2.05) is 12.2 Å². The molecule has 0 bridgehead atoms. The van der Waals surface area contributed by atoms with Gasteiger partial charge in [-0.1, -0.05) is 245 Å². The summed E-state index contributed by atoms with van der Waals surface area (Å²) in [6, 6.07) is 0. The van der Waals surface area contributed by atoms with Crippen LogP contribution in [0.15, 0.2) is 24.3 Å². The molecule has 2 unspecified atom stereocenters. The van der Waals surface area contributed by atoms with Gasteiger partial charge in [-0.15, -0.1) is 0 Å². The molecule has 0 aliphatic rings. The summed E-state index contributed by atoms with van der Waals surface area (Å²) >= 11 is 0. The average Bonchev–Trinajstić information content (AvgIpc) is 3.36. The molecule has 0 saturated heterocycles. The fraction of sp³-hybridized carbons (Fsp3) is 0.935. The van der Waals surface area contributed by atoms with E-state index < -0.39 is 12.6 Å². The summed E-state index contributed by atoms with van der Waals surface area (Å²) in [5.41, 5.74) is 0. The molecule has 0 fully saturated rings. The predicted octanol–water partition coefficient (Wildman–Crippen LogP) is 20.0. The molecule has 7 heteroatoms. The standard InChI is InChI=1S/C62H122O7/c1-7-11-15-19-31-39-47-55-65-61(66-56-48-40-32-20-16-12-8-2)53-45-37-29-25-23-27-35-43-51-59(63-5)69-60(64-6)52-44-36-28-24-26-30-38-46-54-62(67-57-49-41-33-21-17-13-9-3)68-58-50-42-34-22-18-14-10-4/h43-44,51-52,59-62H,7-42,45-50,53-58H2,1-6H3. The van der Waals surface area contributed by atoms with Crippen LogP contribution in [0.1, 0.15) is 310 Å². The lowest BCUT2D eigenvalue weighted by molar-refractivity contribution is -0.188. The molecule has 0 spiro atoms. The van der Waals surface area contributed by atoms with Crippen molar-refractivity contribution in [1.29, 1.82) is 0 Å². The Hall–Kier alpha value is -0.800. The zero-order valence-electron chi connectivity index (χ0n) is 47.4. The van der Waals surface area contributed by atoms with Gasteiger partial charge in [0.25, 0.3) is 0 Å². The second-order valence-electron chi connectivity index (χ2n) is 20.4. The van der Waals surface area contributed by atoms with E-state index in [2.05, 4.69) is 39.8 Å². The predicted molar refractivity (Wildman–Crippen MR) is 298 cm³/mol. The van der Waals surface area contributed by atoms with E-state index in [0.29, 0.717) is 0 Å². The Morgan fingerprint density at radius 2 is 0.507 bits per heavy atom. The number of hydrogen-bond acceptors (Lipinski definition) is 7. The SMILES string of the molecule is CCCCCCCCCOC(CCCCCCCCC=CC(OC)OC(C=CCCCCCCCCC(OCCCCCCCCC)OCCCCCCCCC)OC)OCCCCCCCCC. The zero-order chi connectivity index (χ0) is 50.0. The van der Waals surface area contributed by atoms with Crippen LogP contribution in [0.3, 0.4) is 0 Å². The highest BCUT2D eigenvalue weighted by Gasteiger charge is 2.12. The zero-order valence-corrected chi connectivity index (χ0v) is 47.4. The number of unbranched alkanes of at least 4 members (excludes halogenated alkanes) is 36. The van der Waals surface area contributed by atoms with Gasteiger partial charge in [-0.3, -0.25) is 0 Å². The molecule has 2 atom stereocenters. The Balaban J connectivity index is 4.26. The Morgan fingerprint density at radius 1 is 0.275 bits per heavy atom. The smallest absolute Gasteiger partial charge is 0.179 e. The first-order valence-corrected chi connectivity index (χ1v) is 30.7. The summed E-state index contributed by atoms with van der Waals surface area (Å²) in [5, 5.41) is 0. The van der Waals surface area contributed by atoms with Crippen molar-refractivity contribution < 1.29 is 33.2 Å². The van der Waals surface area contributed by atoms with Crippen molar-refractivity contribution in [3.63, 3.8) is 0 Å². The molecule has 0 radical (unpaired) electrons. The lowest BCUT2D eigenvalue weighted by Crippen LogP contribution is -2.22. The van der Waals surface area contributed by atoms with Crippen LogP contribution < -0.4 is 0 Å². The van der Waals surface area contributed by atoms with Gasteiger partial charge in [0.05, 0.1) is 0 Å². The van der Waals surface area contributed by atoms with Gasteiger partial charge < -0.3 is 33.2 Å². The van der Waals surface area contributed by atoms with Gasteiger partial charge in [0, 0.05) is 40.6 Å². The van der Waals surface area contributed by atoms with Crippen molar-refractivity contribution in [2.45, 2.75) is 335 Å². The maximum absolute atomic E-state index is 6.28. The largest absolute Gasteiger partial charge is 0.353 e. The summed E-state index contributed by atoms with van der Waals surface area (Å²) in [7, 11) is 3.40. The Kier molecular flexibility index (Phi) is 59.1. The van der Waals surface area contributed by atoms with Gasteiger partial charge in [0.2, 0.25) is 0 Å². The molecule has 7 nitrogen and oxygen atoms in total. The van der Waals surface area contributed by atoms with Gasteiger partial charge in [-0.05, 0) is 89.2 Å². The molecule has 0 aliphatic carbocycles. The summed E-state index contributed by atoms with van der Waals surface area (Å²) in [4.78, 5) is 0. The molecule has 0 aromatic heterocycles. The second kappa shape index (κ2) is 59.8. The van der Waals surface area contributed by atoms with Crippen molar-refractivity contribution >= 4 is 0 Å². The minimum Gasteiger partial charge on any atom is -0.353 e. The summed E-state index contributed by atoms with van der Waals surface area (Å²) in [6.07, 6.45) is 63.5. The fourth-order valence-electron chi connectivity index (χ4n) is 8.99. The van der Waals surface area contributed by atoms with Crippen LogP contribution in [0, 0.1) is 0 Å². The van der Waals surface area contributed by atoms with Crippen LogP contribution in [0.5, 0.6) is 0 Å². The van der Waals surface area contributed by atoms with E-state index in [9.17, 15) is 0 Å². The first-order valence-electron chi connectivity index (χ1n) is 30.7. The number of hydrogen-bond donors (Lipinski definition) is 0. The molecule has 0 aromatic rings. The van der Waals surface area contributed by atoms with Crippen molar-refractivity contribution in [1.82, 2.24) is 0 Å². The number of ether oxygens (including phenoxy) is 7. The molecular formula is C62H122O7. The first-order chi connectivity index (χ1) is 34.1. The van der Waals surface area contributed by atoms with E-state index in [4.69, 9.17) is 33.2 Å². The molecule has 0 amide bonds. The fourth-order valence-corrected chi connectivity index (χ4v) is 8.99. The van der Waals surface area contributed by atoms with E-state index in [-0.39, 0.29) is 12.6 Å². The van der Waals surface area contributed by atoms with Crippen molar-refractivity contribution in [2.75, 3.05) is 40.6 Å². The molecule has 0 N–H and O–H groups in total. The van der Waals surface area contributed by atoms with Gasteiger partial charge >= 0.3 is 0 Å². The normalized spacial score (nSPS) is 13.1. The topological polar surface area (TPSA) is 64.6 Å². The monoisotopic (exact) mass is 979 g/mol. The average molecular weight is 980 g/mol.